The molecule has 1 saturated heterocycles. The molecule has 1 fully saturated rings. The lowest BCUT2D eigenvalue weighted by molar-refractivity contribution is 0.394. The highest BCUT2D eigenvalue weighted by Gasteiger charge is 2.16. The van der Waals surface area contributed by atoms with Crippen LogP contribution in [-0.2, 0) is 6.42 Å². The lowest BCUT2D eigenvalue weighted by Crippen LogP contribution is -2.36. The molecule has 0 aliphatic carbocycles. The minimum Gasteiger partial charge on any atom is -0.314 e. The monoisotopic (exact) mass is 229 g/mol. The van der Waals surface area contributed by atoms with Crippen LogP contribution < -0.4 is 5.32 Å². The first-order valence-corrected chi connectivity index (χ1v) is 6.50. The molecule has 3 rings (SSSR count). The number of imidazole rings is 1. The van der Waals surface area contributed by atoms with Crippen LogP contribution in [0.3, 0.4) is 0 Å². The summed E-state index contributed by atoms with van der Waals surface area (Å²) >= 11 is 0. The second-order valence-electron chi connectivity index (χ2n) is 4.95. The van der Waals surface area contributed by atoms with Crippen LogP contribution in [0.15, 0.2) is 24.4 Å². The number of fused-ring (bicyclic) bond motifs is 1. The average Bonchev–Trinajstić information content (AvgIpc) is 2.75. The summed E-state index contributed by atoms with van der Waals surface area (Å²) in [5.41, 5.74) is 2.47. The summed E-state index contributed by atoms with van der Waals surface area (Å²) in [5.74, 6) is 1.19. The fourth-order valence-corrected chi connectivity index (χ4v) is 2.75. The SMILES string of the molecule is Cc1cccc2cnc(CC3CCCCN3)n12. The molecule has 2 aromatic heterocycles. The van der Waals surface area contributed by atoms with E-state index >= 15 is 0 Å². The minimum atomic E-state index is 0.606. The Balaban J connectivity index is 1.89. The Kier molecular flexibility index (Phi) is 2.85. The van der Waals surface area contributed by atoms with Gasteiger partial charge in [0.25, 0.3) is 0 Å². The highest BCUT2D eigenvalue weighted by molar-refractivity contribution is 5.47. The Morgan fingerprint density at radius 1 is 1.41 bits per heavy atom. The van der Waals surface area contributed by atoms with Crippen molar-refractivity contribution in [3.8, 4) is 0 Å². The average molecular weight is 229 g/mol. The van der Waals surface area contributed by atoms with Gasteiger partial charge in [0.15, 0.2) is 0 Å². The molecule has 3 heterocycles. The van der Waals surface area contributed by atoms with Crippen molar-refractivity contribution >= 4 is 5.52 Å². The third-order valence-electron chi connectivity index (χ3n) is 3.66. The van der Waals surface area contributed by atoms with E-state index in [1.165, 1.54) is 36.3 Å². The van der Waals surface area contributed by atoms with Crippen molar-refractivity contribution < 1.29 is 0 Å². The molecule has 0 spiro atoms. The van der Waals surface area contributed by atoms with Crippen LogP contribution in [0.4, 0.5) is 0 Å². The van der Waals surface area contributed by atoms with Gasteiger partial charge in [-0.15, -0.1) is 0 Å². The molecule has 0 amide bonds. The molecule has 2 aromatic rings. The maximum atomic E-state index is 4.57. The molecule has 1 atom stereocenters. The standard InChI is InChI=1S/C14H19N3/c1-11-5-4-7-13-10-16-14(17(11)13)9-12-6-2-3-8-15-12/h4-5,7,10,12,15H,2-3,6,8-9H2,1H3. The van der Waals surface area contributed by atoms with E-state index < -0.39 is 0 Å². The minimum absolute atomic E-state index is 0.606. The number of nitrogens with one attached hydrogen (secondary N) is 1. The molecule has 3 nitrogen and oxygen atoms in total. The molecular formula is C14H19N3. The van der Waals surface area contributed by atoms with E-state index in [4.69, 9.17) is 0 Å². The lowest BCUT2D eigenvalue weighted by Gasteiger charge is -2.23. The van der Waals surface area contributed by atoms with Crippen LogP contribution in [0, 0.1) is 6.92 Å². The van der Waals surface area contributed by atoms with Gasteiger partial charge in [0, 0.05) is 18.2 Å². The molecule has 3 heteroatoms. The number of hydrogen-bond donors (Lipinski definition) is 1. The van der Waals surface area contributed by atoms with Crippen LogP contribution in [-0.4, -0.2) is 22.0 Å². The van der Waals surface area contributed by atoms with Gasteiger partial charge in [-0.05, 0) is 38.4 Å². The summed E-state index contributed by atoms with van der Waals surface area (Å²) < 4.78 is 2.27. The predicted octanol–water partition coefficient (Wildman–Crippen LogP) is 2.33. The van der Waals surface area contributed by atoms with Gasteiger partial charge >= 0.3 is 0 Å². The van der Waals surface area contributed by atoms with Gasteiger partial charge in [0.1, 0.15) is 5.82 Å². The van der Waals surface area contributed by atoms with E-state index in [1.807, 2.05) is 6.20 Å². The Hall–Kier alpha value is -1.35. The number of aryl methyl sites for hydroxylation is 1. The van der Waals surface area contributed by atoms with Gasteiger partial charge in [0.2, 0.25) is 0 Å². The van der Waals surface area contributed by atoms with Gasteiger partial charge in [-0.1, -0.05) is 12.5 Å². The Morgan fingerprint density at radius 3 is 3.18 bits per heavy atom. The normalized spacial score (nSPS) is 20.9. The van der Waals surface area contributed by atoms with Crippen LogP contribution in [0.1, 0.15) is 30.8 Å². The fraction of sp³-hybridized carbons (Fsp3) is 0.500. The molecule has 0 radical (unpaired) electrons. The van der Waals surface area contributed by atoms with Crippen LogP contribution >= 0.6 is 0 Å². The molecule has 90 valence electrons. The Labute approximate surface area is 102 Å². The largest absolute Gasteiger partial charge is 0.314 e. The maximum Gasteiger partial charge on any atom is 0.114 e. The smallest absolute Gasteiger partial charge is 0.114 e. The summed E-state index contributed by atoms with van der Waals surface area (Å²) in [4.78, 5) is 4.57. The molecule has 0 saturated carbocycles. The van der Waals surface area contributed by atoms with E-state index in [1.54, 1.807) is 0 Å². The summed E-state index contributed by atoms with van der Waals surface area (Å²) in [5, 5.41) is 3.59. The molecule has 0 bridgehead atoms. The molecule has 0 aromatic carbocycles. The number of rotatable bonds is 2. The fourth-order valence-electron chi connectivity index (χ4n) is 2.75. The summed E-state index contributed by atoms with van der Waals surface area (Å²) in [7, 11) is 0. The van der Waals surface area contributed by atoms with Gasteiger partial charge in [-0.3, -0.25) is 0 Å². The van der Waals surface area contributed by atoms with Gasteiger partial charge < -0.3 is 9.72 Å². The predicted molar refractivity (Wildman–Crippen MR) is 69.3 cm³/mol. The van der Waals surface area contributed by atoms with Crippen molar-refractivity contribution in [2.75, 3.05) is 6.54 Å². The first-order valence-electron chi connectivity index (χ1n) is 6.50. The van der Waals surface area contributed by atoms with Crippen molar-refractivity contribution in [2.45, 2.75) is 38.6 Å². The zero-order chi connectivity index (χ0) is 11.7. The molecule has 1 unspecified atom stereocenters. The molecule has 17 heavy (non-hydrogen) atoms. The number of nitrogens with zero attached hydrogens (tertiary/aromatic N) is 2. The van der Waals surface area contributed by atoms with E-state index in [9.17, 15) is 0 Å². The Bertz CT molecular complexity index is 509. The van der Waals surface area contributed by atoms with Crippen LogP contribution in [0.25, 0.3) is 5.52 Å². The molecule has 1 aliphatic heterocycles. The number of piperidine rings is 1. The summed E-state index contributed by atoms with van der Waals surface area (Å²) in [6, 6.07) is 6.97. The molecular weight excluding hydrogens is 210 g/mol. The van der Waals surface area contributed by atoms with Crippen LogP contribution in [0.2, 0.25) is 0 Å². The van der Waals surface area contributed by atoms with Gasteiger partial charge in [-0.25, -0.2) is 4.98 Å². The van der Waals surface area contributed by atoms with Crippen molar-refractivity contribution in [1.82, 2.24) is 14.7 Å². The quantitative estimate of drug-likeness (QED) is 0.856. The number of hydrogen-bond acceptors (Lipinski definition) is 2. The van der Waals surface area contributed by atoms with Gasteiger partial charge in [0.05, 0.1) is 11.7 Å². The topological polar surface area (TPSA) is 29.3 Å². The third-order valence-corrected chi connectivity index (χ3v) is 3.66. The van der Waals surface area contributed by atoms with Crippen molar-refractivity contribution in [2.24, 2.45) is 0 Å². The second-order valence-corrected chi connectivity index (χ2v) is 4.95. The van der Waals surface area contributed by atoms with Crippen molar-refractivity contribution in [1.29, 1.82) is 0 Å². The highest BCUT2D eigenvalue weighted by Crippen LogP contribution is 2.15. The third kappa shape index (κ3) is 2.07. The number of aromatic nitrogens is 2. The van der Waals surface area contributed by atoms with E-state index in [-0.39, 0.29) is 0 Å². The van der Waals surface area contributed by atoms with E-state index in [0.29, 0.717) is 6.04 Å². The van der Waals surface area contributed by atoms with Crippen molar-refractivity contribution in [3.05, 3.63) is 35.9 Å². The first-order chi connectivity index (χ1) is 8.34. The summed E-state index contributed by atoms with van der Waals surface area (Å²) in [6.45, 7) is 3.30. The van der Waals surface area contributed by atoms with E-state index in [2.05, 4.69) is 39.8 Å². The second kappa shape index (κ2) is 4.49. The Morgan fingerprint density at radius 2 is 2.35 bits per heavy atom. The first kappa shape index (κ1) is 10.8. The van der Waals surface area contributed by atoms with Crippen LogP contribution in [0.5, 0.6) is 0 Å². The molecule has 1 N–H and O–H groups in total. The van der Waals surface area contributed by atoms with E-state index in [0.717, 1.165) is 13.0 Å². The lowest BCUT2D eigenvalue weighted by atomic mass is 10.0. The molecule has 1 aliphatic rings. The zero-order valence-corrected chi connectivity index (χ0v) is 10.3. The highest BCUT2D eigenvalue weighted by atomic mass is 15.0. The summed E-state index contributed by atoms with van der Waals surface area (Å²) in [6.07, 6.45) is 6.96. The zero-order valence-electron chi connectivity index (χ0n) is 10.3. The van der Waals surface area contributed by atoms with Crippen molar-refractivity contribution in [3.63, 3.8) is 0 Å². The maximum absolute atomic E-state index is 4.57. The van der Waals surface area contributed by atoms with Gasteiger partial charge in [-0.2, -0.15) is 0 Å². The number of pyridine rings is 1.